The number of rotatable bonds is 7. The van der Waals surface area contributed by atoms with Gasteiger partial charge in [0.15, 0.2) is 0 Å². The molecule has 104 valence electrons. The van der Waals surface area contributed by atoms with Gasteiger partial charge in [0.1, 0.15) is 5.54 Å². The second-order valence-electron chi connectivity index (χ2n) is 5.67. The van der Waals surface area contributed by atoms with Crippen molar-refractivity contribution in [3.63, 3.8) is 0 Å². The molecular weight excluding hydrogens is 228 g/mol. The average molecular weight is 254 g/mol. The monoisotopic (exact) mass is 254 g/mol. The van der Waals surface area contributed by atoms with E-state index in [2.05, 4.69) is 25.2 Å². The Morgan fingerprint density at radius 2 is 2.22 bits per heavy atom. The molecule has 2 atom stereocenters. The number of nitrogens with zero attached hydrogens (tertiary/aromatic N) is 1. The molecule has 4 heteroatoms. The summed E-state index contributed by atoms with van der Waals surface area (Å²) in [5.41, 5.74) is -0.497. The van der Waals surface area contributed by atoms with E-state index in [9.17, 15) is 5.26 Å². The molecule has 1 rings (SSSR count). The highest BCUT2D eigenvalue weighted by Crippen LogP contribution is 2.31. The van der Waals surface area contributed by atoms with Gasteiger partial charge in [-0.15, -0.1) is 0 Å². The number of hydrogen-bond donors (Lipinski definition) is 1. The van der Waals surface area contributed by atoms with Gasteiger partial charge in [0.05, 0.1) is 17.8 Å². The fourth-order valence-corrected chi connectivity index (χ4v) is 2.36. The van der Waals surface area contributed by atoms with Crippen molar-refractivity contribution in [2.24, 2.45) is 0 Å². The molecule has 0 amide bonds. The van der Waals surface area contributed by atoms with Crippen LogP contribution in [0.1, 0.15) is 46.5 Å². The van der Waals surface area contributed by atoms with E-state index in [4.69, 9.17) is 9.47 Å². The van der Waals surface area contributed by atoms with Crippen molar-refractivity contribution >= 4 is 0 Å². The Balaban J connectivity index is 2.33. The minimum Gasteiger partial charge on any atom is -0.379 e. The van der Waals surface area contributed by atoms with Crippen molar-refractivity contribution in [1.29, 1.82) is 5.26 Å². The summed E-state index contributed by atoms with van der Waals surface area (Å²) < 4.78 is 11.2. The molecule has 18 heavy (non-hydrogen) atoms. The van der Waals surface area contributed by atoms with Crippen molar-refractivity contribution in [2.45, 2.75) is 63.7 Å². The van der Waals surface area contributed by atoms with Gasteiger partial charge >= 0.3 is 0 Å². The smallest absolute Gasteiger partial charge is 0.109 e. The van der Waals surface area contributed by atoms with Gasteiger partial charge in [-0.2, -0.15) is 5.26 Å². The summed E-state index contributed by atoms with van der Waals surface area (Å²) in [4.78, 5) is 0. The Morgan fingerprint density at radius 3 is 2.78 bits per heavy atom. The first-order valence-corrected chi connectivity index (χ1v) is 6.80. The number of ether oxygens (including phenoxy) is 2. The van der Waals surface area contributed by atoms with Gasteiger partial charge in [0.2, 0.25) is 0 Å². The van der Waals surface area contributed by atoms with Gasteiger partial charge in [-0.05, 0) is 39.7 Å². The topological polar surface area (TPSA) is 54.3 Å². The van der Waals surface area contributed by atoms with Crippen LogP contribution in [0.5, 0.6) is 0 Å². The van der Waals surface area contributed by atoms with Crippen molar-refractivity contribution in [3.05, 3.63) is 0 Å². The molecule has 1 N–H and O–H groups in total. The Labute approximate surface area is 111 Å². The molecule has 4 nitrogen and oxygen atoms in total. The molecule has 0 radical (unpaired) electrons. The first-order chi connectivity index (χ1) is 8.47. The third-order valence-electron chi connectivity index (χ3n) is 3.81. The fourth-order valence-electron chi connectivity index (χ4n) is 2.36. The van der Waals surface area contributed by atoms with E-state index in [0.717, 1.165) is 32.2 Å². The van der Waals surface area contributed by atoms with Crippen LogP contribution in [0.4, 0.5) is 0 Å². The van der Waals surface area contributed by atoms with Crippen molar-refractivity contribution < 1.29 is 9.47 Å². The van der Waals surface area contributed by atoms with E-state index < -0.39 is 0 Å². The molecule has 1 aliphatic carbocycles. The molecule has 0 heterocycles. The SMILES string of the molecule is CCNC1(C#N)CCC(OCCC(C)(C)OC)C1. The molecule has 1 saturated carbocycles. The molecule has 0 saturated heterocycles. The maximum Gasteiger partial charge on any atom is 0.109 e. The predicted octanol–water partition coefficient (Wildman–Crippen LogP) is 2.24. The highest BCUT2D eigenvalue weighted by Gasteiger charge is 2.39. The Bertz CT molecular complexity index is 299. The van der Waals surface area contributed by atoms with Crippen LogP contribution in [-0.4, -0.2) is 37.5 Å². The summed E-state index contributed by atoms with van der Waals surface area (Å²) in [5.74, 6) is 0. The Hall–Kier alpha value is -0.630. The molecule has 1 fully saturated rings. The van der Waals surface area contributed by atoms with Crippen LogP contribution in [0.15, 0.2) is 0 Å². The van der Waals surface area contributed by atoms with Gasteiger partial charge < -0.3 is 9.47 Å². The van der Waals surface area contributed by atoms with E-state index in [1.165, 1.54) is 0 Å². The first-order valence-electron chi connectivity index (χ1n) is 6.80. The second-order valence-corrected chi connectivity index (χ2v) is 5.67. The van der Waals surface area contributed by atoms with E-state index in [1.807, 2.05) is 6.92 Å². The zero-order chi connectivity index (χ0) is 13.6. The summed E-state index contributed by atoms with van der Waals surface area (Å²) in [6.45, 7) is 7.68. The Kier molecular flexibility index (Phi) is 5.58. The molecule has 0 aromatic carbocycles. The van der Waals surface area contributed by atoms with Crippen LogP contribution in [0.25, 0.3) is 0 Å². The molecule has 1 aliphatic rings. The van der Waals surface area contributed by atoms with Crippen molar-refractivity contribution in [3.8, 4) is 6.07 Å². The van der Waals surface area contributed by atoms with Crippen LogP contribution >= 0.6 is 0 Å². The molecular formula is C14H26N2O2. The van der Waals surface area contributed by atoms with Crippen LogP contribution in [0.3, 0.4) is 0 Å². The van der Waals surface area contributed by atoms with Crippen LogP contribution in [0.2, 0.25) is 0 Å². The van der Waals surface area contributed by atoms with Crippen LogP contribution in [0, 0.1) is 11.3 Å². The minimum absolute atomic E-state index is 0.132. The molecule has 0 aromatic rings. The van der Waals surface area contributed by atoms with Gasteiger partial charge in [-0.3, -0.25) is 5.32 Å². The second kappa shape index (κ2) is 6.51. The molecule has 0 bridgehead atoms. The zero-order valence-corrected chi connectivity index (χ0v) is 12.1. The van der Waals surface area contributed by atoms with Gasteiger partial charge in [0, 0.05) is 20.1 Å². The summed E-state index contributed by atoms with van der Waals surface area (Å²) in [7, 11) is 1.72. The lowest BCUT2D eigenvalue weighted by Crippen LogP contribution is -2.41. The average Bonchev–Trinajstić information content (AvgIpc) is 2.74. The summed E-state index contributed by atoms with van der Waals surface area (Å²) in [5, 5.41) is 12.6. The molecule has 0 spiro atoms. The minimum atomic E-state index is -0.365. The van der Waals surface area contributed by atoms with Gasteiger partial charge in [-0.1, -0.05) is 6.92 Å². The number of methoxy groups -OCH3 is 1. The maximum absolute atomic E-state index is 9.27. The quantitative estimate of drug-likeness (QED) is 0.757. The maximum atomic E-state index is 9.27. The summed E-state index contributed by atoms with van der Waals surface area (Å²) >= 11 is 0. The van der Waals surface area contributed by atoms with Crippen molar-refractivity contribution in [2.75, 3.05) is 20.3 Å². The fraction of sp³-hybridized carbons (Fsp3) is 0.929. The van der Waals surface area contributed by atoms with E-state index in [-0.39, 0.29) is 17.2 Å². The van der Waals surface area contributed by atoms with Crippen molar-refractivity contribution in [1.82, 2.24) is 5.32 Å². The normalized spacial score (nSPS) is 28.3. The molecule has 0 aromatic heterocycles. The molecule has 0 aliphatic heterocycles. The van der Waals surface area contributed by atoms with Gasteiger partial charge in [0.25, 0.3) is 0 Å². The van der Waals surface area contributed by atoms with E-state index >= 15 is 0 Å². The third kappa shape index (κ3) is 4.24. The molecule has 2 unspecified atom stereocenters. The lowest BCUT2D eigenvalue weighted by Gasteiger charge is -2.24. The summed E-state index contributed by atoms with van der Waals surface area (Å²) in [6.07, 6.45) is 3.73. The first kappa shape index (κ1) is 15.4. The summed E-state index contributed by atoms with van der Waals surface area (Å²) in [6, 6.07) is 2.41. The van der Waals surface area contributed by atoms with Crippen LogP contribution < -0.4 is 5.32 Å². The highest BCUT2D eigenvalue weighted by molar-refractivity contribution is 5.12. The lowest BCUT2D eigenvalue weighted by molar-refractivity contribution is -0.0261. The zero-order valence-electron chi connectivity index (χ0n) is 12.1. The standard InChI is InChI=1S/C14H26N2O2/c1-5-16-14(11-15)7-6-12(10-14)18-9-8-13(2,3)17-4/h12,16H,5-10H2,1-4H3. The number of nitriles is 1. The number of nitrogens with one attached hydrogen (secondary N) is 1. The highest BCUT2D eigenvalue weighted by atomic mass is 16.5. The third-order valence-corrected chi connectivity index (χ3v) is 3.81. The van der Waals surface area contributed by atoms with E-state index in [1.54, 1.807) is 7.11 Å². The largest absolute Gasteiger partial charge is 0.379 e. The number of hydrogen-bond acceptors (Lipinski definition) is 4. The lowest BCUT2D eigenvalue weighted by atomic mass is 10.00. The van der Waals surface area contributed by atoms with Gasteiger partial charge in [-0.25, -0.2) is 0 Å². The van der Waals surface area contributed by atoms with E-state index in [0.29, 0.717) is 6.61 Å². The van der Waals surface area contributed by atoms with Crippen LogP contribution in [-0.2, 0) is 9.47 Å². The Morgan fingerprint density at radius 1 is 1.50 bits per heavy atom. The predicted molar refractivity (Wildman–Crippen MR) is 71.3 cm³/mol.